The van der Waals surface area contributed by atoms with Crippen molar-refractivity contribution in [2.24, 2.45) is 10.7 Å². The summed E-state index contributed by atoms with van der Waals surface area (Å²) in [4.78, 5) is 4.36. The third-order valence-corrected chi connectivity index (χ3v) is 4.43. The fourth-order valence-corrected chi connectivity index (χ4v) is 3.18. The van der Waals surface area contributed by atoms with Crippen LogP contribution in [0.1, 0.15) is 11.1 Å². The monoisotopic (exact) mass is 366 g/mol. The van der Waals surface area contributed by atoms with Gasteiger partial charge in [-0.1, -0.05) is 12.1 Å². The number of aliphatic imine (C=N–C) groups is 1. The van der Waals surface area contributed by atoms with Crippen LogP contribution < -0.4 is 10.5 Å². The highest BCUT2D eigenvalue weighted by Crippen LogP contribution is 2.52. The maximum Gasteiger partial charge on any atom is 0.283 e. The summed E-state index contributed by atoms with van der Waals surface area (Å²) >= 11 is 3.15. The highest BCUT2D eigenvalue weighted by molar-refractivity contribution is 9.10. The number of nitrogens with two attached hydrogens (primary N) is 1. The second kappa shape index (κ2) is 4.42. The van der Waals surface area contributed by atoms with Gasteiger partial charge in [-0.3, -0.25) is 0 Å². The Morgan fingerprint density at radius 2 is 2.00 bits per heavy atom. The average Bonchev–Trinajstić information content (AvgIpc) is 2.86. The van der Waals surface area contributed by atoms with Crippen molar-refractivity contribution in [3.63, 3.8) is 0 Å². The molecule has 0 fully saturated rings. The molecule has 0 aromatic heterocycles. The van der Waals surface area contributed by atoms with E-state index in [0.29, 0.717) is 11.1 Å². The highest BCUT2D eigenvalue weighted by atomic mass is 79.9. The van der Waals surface area contributed by atoms with Crippen molar-refractivity contribution in [2.45, 2.75) is 5.54 Å². The predicted molar refractivity (Wildman–Crippen MR) is 78.9 cm³/mol. The van der Waals surface area contributed by atoms with E-state index in [2.05, 4.69) is 20.9 Å². The van der Waals surface area contributed by atoms with Gasteiger partial charge in [0.2, 0.25) is 0 Å². The summed E-state index contributed by atoms with van der Waals surface area (Å²) in [7, 11) is 0. The molecule has 2 aliphatic heterocycles. The molecular formula is C15H9BrF2N2O2. The number of para-hydroxylation sites is 1. The van der Waals surface area contributed by atoms with Crippen LogP contribution in [-0.2, 0) is 10.3 Å². The van der Waals surface area contributed by atoms with Gasteiger partial charge in [-0.25, -0.2) is 13.8 Å². The molecule has 2 N–H and O–H groups in total. The number of rotatable bonds is 0. The number of fused-ring (bicyclic) bond motifs is 4. The van der Waals surface area contributed by atoms with E-state index in [9.17, 15) is 8.78 Å². The van der Waals surface area contributed by atoms with Crippen molar-refractivity contribution in [2.75, 3.05) is 6.61 Å². The number of amidine groups is 1. The summed E-state index contributed by atoms with van der Waals surface area (Å²) in [5.74, 6) is -0.852. The third kappa shape index (κ3) is 1.68. The molecule has 4 nitrogen and oxygen atoms in total. The summed E-state index contributed by atoms with van der Waals surface area (Å²) in [5, 5.41) is 0. The van der Waals surface area contributed by atoms with Gasteiger partial charge in [0.15, 0.2) is 17.1 Å². The Bertz CT molecular complexity index is 841. The lowest BCUT2D eigenvalue weighted by Crippen LogP contribution is -2.31. The SMILES string of the molecule is NC1=NC2(CO1)c1cc(Br)c(F)cc1Oc1c(F)cccc12. The van der Waals surface area contributed by atoms with E-state index in [0.717, 1.165) is 0 Å². The Morgan fingerprint density at radius 1 is 1.18 bits per heavy atom. The van der Waals surface area contributed by atoms with E-state index in [4.69, 9.17) is 15.2 Å². The molecule has 2 heterocycles. The molecule has 0 bridgehead atoms. The minimum absolute atomic E-state index is 0.00325. The lowest BCUT2D eigenvalue weighted by atomic mass is 9.81. The summed E-state index contributed by atoms with van der Waals surface area (Å²) in [5.41, 5.74) is 5.70. The van der Waals surface area contributed by atoms with Gasteiger partial charge in [0, 0.05) is 17.2 Å². The number of benzene rings is 2. The minimum atomic E-state index is -1.04. The number of halogens is 3. The molecule has 1 unspecified atom stereocenters. The van der Waals surface area contributed by atoms with Crippen molar-refractivity contribution in [3.05, 3.63) is 57.6 Å². The van der Waals surface area contributed by atoms with Crippen LogP contribution in [0, 0.1) is 11.6 Å². The Morgan fingerprint density at radius 3 is 2.73 bits per heavy atom. The zero-order chi connectivity index (χ0) is 15.5. The van der Waals surface area contributed by atoms with Crippen LogP contribution in [-0.4, -0.2) is 12.6 Å². The van der Waals surface area contributed by atoms with Crippen LogP contribution >= 0.6 is 15.9 Å². The molecule has 2 aromatic carbocycles. The number of nitrogens with zero attached hydrogens (tertiary/aromatic N) is 1. The van der Waals surface area contributed by atoms with Gasteiger partial charge in [0.1, 0.15) is 18.2 Å². The largest absolute Gasteiger partial charge is 0.462 e. The lowest BCUT2D eigenvalue weighted by molar-refractivity contribution is 0.261. The van der Waals surface area contributed by atoms with E-state index in [1.54, 1.807) is 18.2 Å². The molecule has 0 radical (unpaired) electrons. The number of ether oxygens (including phenoxy) is 2. The molecule has 112 valence electrons. The second-order valence-electron chi connectivity index (χ2n) is 5.08. The molecule has 0 saturated heterocycles. The van der Waals surface area contributed by atoms with Gasteiger partial charge in [-0.05, 0) is 28.1 Å². The number of hydrogen-bond donors (Lipinski definition) is 1. The summed E-state index contributed by atoms with van der Waals surface area (Å²) in [6.07, 6.45) is 0. The van der Waals surface area contributed by atoms with Crippen molar-refractivity contribution >= 4 is 22.0 Å². The Balaban J connectivity index is 2.07. The van der Waals surface area contributed by atoms with E-state index in [1.165, 1.54) is 12.1 Å². The van der Waals surface area contributed by atoms with Crippen molar-refractivity contribution in [1.82, 2.24) is 0 Å². The molecule has 7 heteroatoms. The van der Waals surface area contributed by atoms with Gasteiger partial charge < -0.3 is 15.2 Å². The quantitative estimate of drug-likeness (QED) is 0.777. The molecular weight excluding hydrogens is 358 g/mol. The Hall–Kier alpha value is -2.15. The van der Waals surface area contributed by atoms with Crippen LogP contribution in [0.25, 0.3) is 0 Å². The molecule has 4 rings (SSSR count). The number of hydrogen-bond acceptors (Lipinski definition) is 4. The van der Waals surface area contributed by atoms with E-state index < -0.39 is 17.2 Å². The molecule has 0 saturated carbocycles. The van der Waals surface area contributed by atoms with Crippen LogP contribution in [0.3, 0.4) is 0 Å². The third-order valence-electron chi connectivity index (χ3n) is 3.82. The van der Waals surface area contributed by atoms with Crippen LogP contribution in [0.15, 0.2) is 39.8 Å². The van der Waals surface area contributed by atoms with Gasteiger partial charge in [-0.15, -0.1) is 0 Å². The topological polar surface area (TPSA) is 56.8 Å². The smallest absolute Gasteiger partial charge is 0.283 e. The van der Waals surface area contributed by atoms with Crippen molar-refractivity contribution in [3.8, 4) is 11.5 Å². The van der Waals surface area contributed by atoms with E-state index in [-0.39, 0.29) is 28.6 Å². The fraction of sp³-hybridized carbons (Fsp3) is 0.133. The van der Waals surface area contributed by atoms with Gasteiger partial charge in [-0.2, -0.15) is 0 Å². The molecule has 22 heavy (non-hydrogen) atoms. The summed E-state index contributed by atoms with van der Waals surface area (Å²) < 4.78 is 39.1. The van der Waals surface area contributed by atoms with Crippen LogP contribution in [0.5, 0.6) is 11.5 Å². The van der Waals surface area contributed by atoms with Crippen LogP contribution in [0.2, 0.25) is 0 Å². The van der Waals surface area contributed by atoms with E-state index in [1.807, 2.05) is 0 Å². The Labute approximate surface area is 132 Å². The highest BCUT2D eigenvalue weighted by Gasteiger charge is 2.48. The standard InChI is InChI=1S/C15H9BrF2N2O2/c16-9-4-8-12(5-11(9)18)22-13-7(2-1-3-10(13)17)15(8)6-21-14(19)20-15/h1-5H,6H2,(H2,19,20). The molecule has 1 atom stereocenters. The first kappa shape index (κ1) is 13.5. The predicted octanol–water partition coefficient (Wildman–Crippen LogP) is 3.42. The summed E-state index contributed by atoms with van der Waals surface area (Å²) in [6, 6.07) is 7.29. The molecule has 2 aromatic rings. The second-order valence-corrected chi connectivity index (χ2v) is 5.93. The van der Waals surface area contributed by atoms with Gasteiger partial charge in [0.05, 0.1) is 4.47 Å². The summed E-state index contributed by atoms with van der Waals surface area (Å²) in [6.45, 7) is 0.101. The molecule has 0 amide bonds. The maximum atomic E-state index is 14.1. The van der Waals surface area contributed by atoms with Gasteiger partial charge in [0.25, 0.3) is 6.02 Å². The van der Waals surface area contributed by atoms with Crippen molar-refractivity contribution < 1.29 is 18.3 Å². The lowest BCUT2D eigenvalue weighted by Gasteiger charge is -2.33. The molecule has 0 aliphatic carbocycles. The molecule has 1 spiro atoms. The first-order chi connectivity index (χ1) is 10.5. The zero-order valence-corrected chi connectivity index (χ0v) is 12.7. The first-order valence-corrected chi connectivity index (χ1v) is 7.25. The van der Waals surface area contributed by atoms with Crippen molar-refractivity contribution in [1.29, 1.82) is 0 Å². The molecule has 2 aliphatic rings. The van der Waals surface area contributed by atoms with E-state index >= 15 is 0 Å². The zero-order valence-electron chi connectivity index (χ0n) is 11.1. The Kier molecular flexibility index (Phi) is 2.72. The fourth-order valence-electron chi connectivity index (χ4n) is 2.84. The van der Waals surface area contributed by atoms with Crippen LogP contribution in [0.4, 0.5) is 8.78 Å². The minimum Gasteiger partial charge on any atom is -0.462 e. The normalized spacial score (nSPS) is 21.7. The first-order valence-electron chi connectivity index (χ1n) is 6.46. The average molecular weight is 367 g/mol. The maximum absolute atomic E-state index is 14.1. The van der Waals surface area contributed by atoms with Gasteiger partial charge >= 0.3 is 0 Å².